The van der Waals surface area contributed by atoms with Crippen molar-refractivity contribution in [3.05, 3.63) is 5.82 Å². The summed E-state index contributed by atoms with van der Waals surface area (Å²) in [5.41, 5.74) is 6.67. The van der Waals surface area contributed by atoms with E-state index in [2.05, 4.69) is 20.3 Å². The van der Waals surface area contributed by atoms with Crippen molar-refractivity contribution in [2.45, 2.75) is 13.5 Å². The lowest BCUT2D eigenvalue weighted by Gasteiger charge is -1.99. The first-order valence-electron chi connectivity index (χ1n) is 4.16. The molecule has 0 aromatic carbocycles. The van der Waals surface area contributed by atoms with Gasteiger partial charge in [0.25, 0.3) is 0 Å². The van der Waals surface area contributed by atoms with Crippen molar-refractivity contribution in [3.63, 3.8) is 0 Å². The van der Waals surface area contributed by atoms with Crippen molar-refractivity contribution >= 4 is 17.0 Å². The lowest BCUT2D eigenvalue weighted by Crippen LogP contribution is -2.06. The number of rotatable bonds is 2. The molecular formula is C7H10N6O. The van der Waals surface area contributed by atoms with Crippen molar-refractivity contribution in [1.82, 2.24) is 25.0 Å². The number of hydrogen-bond donors (Lipinski definition) is 2. The van der Waals surface area contributed by atoms with Crippen LogP contribution in [0.1, 0.15) is 5.82 Å². The third-order valence-electron chi connectivity index (χ3n) is 1.81. The number of nitrogens with zero attached hydrogens (tertiary/aromatic N) is 5. The number of anilines is 1. The van der Waals surface area contributed by atoms with Crippen molar-refractivity contribution < 1.29 is 5.11 Å². The number of aryl methyl sites for hydroxylation is 1. The van der Waals surface area contributed by atoms with Gasteiger partial charge in [-0.15, -0.1) is 5.10 Å². The quantitative estimate of drug-likeness (QED) is 0.642. The summed E-state index contributed by atoms with van der Waals surface area (Å²) >= 11 is 0. The summed E-state index contributed by atoms with van der Waals surface area (Å²) < 4.78 is 1.50. The molecule has 0 saturated carbocycles. The normalized spacial score (nSPS) is 11.0. The first-order valence-corrected chi connectivity index (χ1v) is 4.16. The molecule has 0 aliphatic heterocycles. The number of nitrogen functional groups attached to an aromatic ring is 1. The molecule has 0 aliphatic carbocycles. The zero-order chi connectivity index (χ0) is 10.1. The number of aliphatic hydroxyl groups is 1. The monoisotopic (exact) mass is 194 g/mol. The van der Waals surface area contributed by atoms with Crippen LogP contribution in [-0.2, 0) is 6.54 Å². The van der Waals surface area contributed by atoms with E-state index in [1.807, 2.05) is 0 Å². The maximum atomic E-state index is 8.77. The molecule has 0 atom stereocenters. The molecule has 0 bridgehead atoms. The van der Waals surface area contributed by atoms with Crippen molar-refractivity contribution in [1.29, 1.82) is 0 Å². The van der Waals surface area contributed by atoms with E-state index in [0.717, 1.165) is 0 Å². The van der Waals surface area contributed by atoms with E-state index >= 15 is 0 Å². The standard InChI is InChI=1S/C7H10N6O/c1-4-9-6(8)5-7(10-4)13(2-3-14)12-11-5/h14H,2-3H2,1H3,(H2,8,9,10). The topological polar surface area (TPSA) is 103 Å². The van der Waals surface area contributed by atoms with Gasteiger partial charge in [0.05, 0.1) is 13.2 Å². The predicted molar refractivity (Wildman–Crippen MR) is 49.4 cm³/mol. The molecule has 7 nitrogen and oxygen atoms in total. The van der Waals surface area contributed by atoms with E-state index in [4.69, 9.17) is 10.8 Å². The molecule has 3 N–H and O–H groups in total. The second kappa shape index (κ2) is 3.18. The van der Waals surface area contributed by atoms with Crippen LogP contribution in [0.5, 0.6) is 0 Å². The number of fused-ring (bicyclic) bond motifs is 1. The van der Waals surface area contributed by atoms with E-state index in [-0.39, 0.29) is 6.61 Å². The average Bonchev–Trinajstić information content (AvgIpc) is 2.49. The molecule has 74 valence electrons. The molecule has 14 heavy (non-hydrogen) atoms. The van der Waals surface area contributed by atoms with Gasteiger partial charge in [0.1, 0.15) is 5.82 Å². The predicted octanol–water partition coefficient (Wildman–Crippen LogP) is -0.896. The molecule has 0 amide bonds. The van der Waals surface area contributed by atoms with Crippen LogP contribution in [0.25, 0.3) is 11.2 Å². The van der Waals surface area contributed by atoms with Gasteiger partial charge in [-0.05, 0) is 6.92 Å². The highest BCUT2D eigenvalue weighted by molar-refractivity contribution is 5.80. The lowest BCUT2D eigenvalue weighted by atomic mass is 10.4. The zero-order valence-corrected chi connectivity index (χ0v) is 7.67. The summed E-state index contributed by atoms with van der Waals surface area (Å²) in [6.07, 6.45) is 0. The van der Waals surface area contributed by atoms with Gasteiger partial charge in [0.15, 0.2) is 17.0 Å². The molecular weight excluding hydrogens is 184 g/mol. The van der Waals surface area contributed by atoms with Gasteiger partial charge in [0.2, 0.25) is 0 Å². The Kier molecular flexibility index (Phi) is 2.01. The number of nitrogens with two attached hydrogens (primary N) is 1. The Morgan fingerprint density at radius 3 is 2.93 bits per heavy atom. The minimum atomic E-state index is -0.0125. The van der Waals surface area contributed by atoms with E-state index in [0.29, 0.717) is 29.4 Å². The molecule has 2 aromatic rings. The first kappa shape index (κ1) is 8.82. The Morgan fingerprint density at radius 1 is 1.43 bits per heavy atom. The SMILES string of the molecule is Cc1nc(N)c2nnn(CCO)c2n1. The van der Waals surface area contributed by atoms with Crippen LogP contribution in [0.15, 0.2) is 0 Å². The molecule has 0 unspecified atom stereocenters. The molecule has 0 radical (unpaired) electrons. The summed E-state index contributed by atoms with van der Waals surface area (Å²) in [5.74, 6) is 0.883. The number of aromatic nitrogens is 5. The maximum Gasteiger partial charge on any atom is 0.184 e. The lowest BCUT2D eigenvalue weighted by molar-refractivity contribution is 0.270. The fourth-order valence-corrected chi connectivity index (χ4v) is 1.24. The van der Waals surface area contributed by atoms with Gasteiger partial charge in [-0.25, -0.2) is 14.6 Å². The van der Waals surface area contributed by atoms with Crippen molar-refractivity contribution in [3.8, 4) is 0 Å². The van der Waals surface area contributed by atoms with Crippen LogP contribution < -0.4 is 5.73 Å². The maximum absolute atomic E-state index is 8.77. The van der Waals surface area contributed by atoms with Crippen molar-refractivity contribution in [2.24, 2.45) is 0 Å². The minimum Gasteiger partial charge on any atom is -0.394 e. The second-order valence-electron chi connectivity index (χ2n) is 2.86. The fraction of sp³-hybridized carbons (Fsp3) is 0.429. The van der Waals surface area contributed by atoms with Crippen LogP contribution in [0.3, 0.4) is 0 Å². The Balaban J connectivity index is 2.66. The van der Waals surface area contributed by atoms with Gasteiger partial charge in [-0.2, -0.15) is 0 Å². The average molecular weight is 194 g/mol. The van der Waals surface area contributed by atoms with Crippen LogP contribution in [0.4, 0.5) is 5.82 Å². The molecule has 0 spiro atoms. The third-order valence-corrected chi connectivity index (χ3v) is 1.81. The Morgan fingerprint density at radius 2 is 2.21 bits per heavy atom. The summed E-state index contributed by atoms with van der Waals surface area (Å²) in [4.78, 5) is 8.11. The van der Waals surface area contributed by atoms with Crippen LogP contribution in [0.2, 0.25) is 0 Å². The third kappa shape index (κ3) is 1.27. The van der Waals surface area contributed by atoms with Gasteiger partial charge in [-0.3, -0.25) is 0 Å². The molecule has 7 heteroatoms. The number of hydrogen-bond acceptors (Lipinski definition) is 6. The van der Waals surface area contributed by atoms with Gasteiger partial charge in [-0.1, -0.05) is 5.21 Å². The van der Waals surface area contributed by atoms with E-state index < -0.39 is 0 Å². The van der Waals surface area contributed by atoms with Gasteiger partial charge >= 0.3 is 0 Å². The van der Waals surface area contributed by atoms with E-state index in [9.17, 15) is 0 Å². The van der Waals surface area contributed by atoms with E-state index in [1.54, 1.807) is 6.92 Å². The van der Waals surface area contributed by atoms with Crippen LogP contribution in [0, 0.1) is 6.92 Å². The highest BCUT2D eigenvalue weighted by Crippen LogP contribution is 2.13. The van der Waals surface area contributed by atoms with Crippen molar-refractivity contribution in [2.75, 3.05) is 12.3 Å². The van der Waals surface area contributed by atoms with Gasteiger partial charge in [0, 0.05) is 0 Å². The Labute approximate surface area is 79.6 Å². The zero-order valence-electron chi connectivity index (χ0n) is 7.67. The molecule has 2 rings (SSSR count). The minimum absolute atomic E-state index is 0.0125. The molecule has 0 aliphatic rings. The second-order valence-corrected chi connectivity index (χ2v) is 2.86. The fourth-order valence-electron chi connectivity index (χ4n) is 1.24. The highest BCUT2D eigenvalue weighted by atomic mass is 16.3. The van der Waals surface area contributed by atoms with E-state index in [1.165, 1.54) is 4.68 Å². The highest BCUT2D eigenvalue weighted by Gasteiger charge is 2.10. The molecule has 0 fully saturated rings. The largest absolute Gasteiger partial charge is 0.394 e. The molecule has 2 heterocycles. The molecule has 0 saturated heterocycles. The summed E-state index contributed by atoms with van der Waals surface area (Å²) in [6.45, 7) is 2.08. The number of aliphatic hydroxyl groups excluding tert-OH is 1. The first-order chi connectivity index (χ1) is 6.72. The Hall–Kier alpha value is -1.76. The van der Waals surface area contributed by atoms with Gasteiger partial charge < -0.3 is 10.8 Å². The summed E-state index contributed by atoms with van der Waals surface area (Å²) in [5, 5.41) is 16.4. The Bertz CT molecular complexity index is 464. The van der Waals surface area contributed by atoms with Crippen LogP contribution >= 0.6 is 0 Å². The summed E-state index contributed by atoms with van der Waals surface area (Å²) in [6, 6.07) is 0. The molecule has 2 aromatic heterocycles. The van der Waals surface area contributed by atoms with Crippen LogP contribution in [-0.4, -0.2) is 36.7 Å². The smallest absolute Gasteiger partial charge is 0.184 e. The summed E-state index contributed by atoms with van der Waals surface area (Å²) in [7, 11) is 0.